The average molecular weight is 233 g/mol. The number of pyridine rings is 1. The van der Waals surface area contributed by atoms with E-state index < -0.39 is 0 Å². The van der Waals surface area contributed by atoms with Crippen LogP contribution in [-0.2, 0) is 4.74 Å². The molecule has 2 fully saturated rings. The van der Waals surface area contributed by atoms with Crippen molar-refractivity contribution in [1.82, 2.24) is 9.88 Å². The number of aromatic nitrogens is 1. The Kier molecular flexibility index (Phi) is 2.48. The van der Waals surface area contributed by atoms with E-state index >= 15 is 0 Å². The number of anilines is 1. The van der Waals surface area contributed by atoms with Crippen molar-refractivity contribution >= 4 is 11.7 Å². The summed E-state index contributed by atoms with van der Waals surface area (Å²) in [6, 6.07) is 3.33. The minimum absolute atomic E-state index is 0.0271. The summed E-state index contributed by atoms with van der Waals surface area (Å²) in [4.78, 5) is 18.0. The molecule has 2 saturated heterocycles. The van der Waals surface area contributed by atoms with Crippen LogP contribution in [0.1, 0.15) is 23.2 Å². The Bertz CT molecular complexity index is 437. The number of nitrogens with two attached hydrogens (primary N) is 1. The summed E-state index contributed by atoms with van der Waals surface area (Å²) in [5.74, 6) is 0.409. The predicted octanol–water partition coefficient (Wildman–Crippen LogP) is 0.667. The molecular formula is C12H15N3O2. The second-order valence-electron chi connectivity index (χ2n) is 4.64. The van der Waals surface area contributed by atoms with Gasteiger partial charge in [0, 0.05) is 24.8 Å². The van der Waals surface area contributed by atoms with Crippen molar-refractivity contribution in [1.29, 1.82) is 0 Å². The van der Waals surface area contributed by atoms with Gasteiger partial charge in [-0.15, -0.1) is 0 Å². The molecule has 17 heavy (non-hydrogen) atoms. The second kappa shape index (κ2) is 4.00. The molecular weight excluding hydrogens is 218 g/mol. The lowest BCUT2D eigenvalue weighted by Crippen LogP contribution is -2.45. The summed E-state index contributed by atoms with van der Waals surface area (Å²) in [6.07, 6.45) is 4.13. The van der Waals surface area contributed by atoms with Crippen LogP contribution in [0, 0.1) is 0 Å². The van der Waals surface area contributed by atoms with E-state index in [1.54, 1.807) is 18.3 Å². The first-order chi connectivity index (χ1) is 8.22. The number of likely N-dealkylation sites (tertiary alicyclic amines) is 1. The Morgan fingerprint density at radius 1 is 1.41 bits per heavy atom. The zero-order chi connectivity index (χ0) is 11.8. The van der Waals surface area contributed by atoms with Crippen LogP contribution in [-0.4, -0.2) is 41.1 Å². The normalized spacial score (nSPS) is 27.2. The lowest BCUT2D eigenvalue weighted by molar-refractivity contribution is -0.0303. The van der Waals surface area contributed by atoms with Gasteiger partial charge in [0.2, 0.25) is 0 Å². The van der Waals surface area contributed by atoms with Gasteiger partial charge in [0.25, 0.3) is 5.91 Å². The summed E-state index contributed by atoms with van der Waals surface area (Å²) < 4.78 is 5.71. The molecule has 1 aromatic heterocycles. The first kappa shape index (κ1) is 10.5. The highest BCUT2D eigenvalue weighted by Crippen LogP contribution is 2.27. The fourth-order valence-electron chi connectivity index (χ4n) is 2.54. The largest absolute Gasteiger partial charge is 0.384 e. The fourth-order valence-corrected chi connectivity index (χ4v) is 2.54. The van der Waals surface area contributed by atoms with Crippen LogP contribution in [0.4, 0.5) is 5.82 Å². The zero-order valence-corrected chi connectivity index (χ0v) is 9.50. The highest BCUT2D eigenvalue weighted by atomic mass is 16.5. The van der Waals surface area contributed by atoms with Gasteiger partial charge in [-0.05, 0) is 25.0 Å². The zero-order valence-electron chi connectivity index (χ0n) is 9.50. The lowest BCUT2D eigenvalue weighted by Gasteiger charge is -2.32. The third-order valence-corrected chi connectivity index (χ3v) is 3.36. The van der Waals surface area contributed by atoms with Gasteiger partial charge in [0.1, 0.15) is 5.82 Å². The van der Waals surface area contributed by atoms with Crippen molar-refractivity contribution in [2.75, 3.05) is 18.8 Å². The van der Waals surface area contributed by atoms with E-state index in [9.17, 15) is 4.79 Å². The van der Waals surface area contributed by atoms with E-state index in [2.05, 4.69) is 4.98 Å². The number of nitrogen functional groups attached to an aromatic ring is 1. The van der Waals surface area contributed by atoms with Gasteiger partial charge < -0.3 is 15.4 Å². The summed E-state index contributed by atoms with van der Waals surface area (Å²) in [5, 5.41) is 0. The number of fused-ring (bicyclic) bond motifs is 2. The molecule has 5 nitrogen and oxygen atoms in total. The SMILES string of the molecule is Nc1cc(C(=O)N2CC3CCC(C2)O3)ccn1. The number of carbonyl (C=O) groups excluding carboxylic acids is 1. The minimum Gasteiger partial charge on any atom is -0.384 e. The molecule has 1 amide bonds. The molecule has 2 N–H and O–H groups in total. The maximum atomic E-state index is 12.3. The van der Waals surface area contributed by atoms with Gasteiger partial charge in [0.05, 0.1) is 12.2 Å². The number of amides is 1. The van der Waals surface area contributed by atoms with Crippen LogP contribution >= 0.6 is 0 Å². The minimum atomic E-state index is 0.0271. The smallest absolute Gasteiger partial charge is 0.254 e. The molecule has 0 radical (unpaired) electrons. The monoisotopic (exact) mass is 233 g/mol. The standard InChI is InChI=1S/C12H15N3O2/c13-11-5-8(3-4-14-11)12(16)15-6-9-1-2-10(7-15)17-9/h3-5,9-10H,1-2,6-7H2,(H2,13,14). The van der Waals surface area contributed by atoms with Crippen molar-refractivity contribution in [3.63, 3.8) is 0 Å². The maximum absolute atomic E-state index is 12.3. The van der Waals surface area contributed by atoms with Gasteiger partial charge in [-0.1, -0.05) is 0 Å². The summed E-state index contributed by atoms with van der Waals surface area (Å²) in [6.45, 7) is 1.38. The van der Waals surface area contributed by atoms with Crippen molar-refractivity contribution in [3.8, 4) is 0 Å². The van der Waals surface area contributed by atoms with Gasteiger partial charge in [0.15, 0.2) is 0 Å². The number of hydrogen-bond donors (Lipinski definition) is 1. The number of carbonyl (C=O) groups is 1. The third kappa shape index (κ3) is 1.98. The molecule has 90 valence electrons. The van der Waals surface area contributed by atoms with E-state index in [-0.39, 0.29) is 18.1 Å². The second-order valence-corrected chi connectivity index (χ2v) is 4.64. The molecule has 0 aromatic carbocycles. The molecule has 3 rings (SSSR count). The molecule has 3 heterocycles. The molecule has 0 aliphatic carbocycles. The molecule has 2 unspecified atom stereocenters. The van der Waals surface area contributed by atoms with E-state index in [1.807, 2.05) is 4.90 Å². The molecule has 2 atom stereocenters. The van der Waals surface area contributed by atoms with Gasteiger partial charge in [-0.2, -0.15) is 0 Å². The summed E-state index contributed by atoms with van der Waals surface area (Å²) >= 11 is 0. The van der Waals surface area contributed by atoms with E-state index in [1.165, 1.54) is 0 Å². The molecule has 0 saturated carbocycles. The Labute approximate surface area is 99.6 Å². The predicted molar refractivity (Wildman–Crippen MR) is 62.4 cm³/mol. The number of hydrogen-bond acceptors (Lipinski definition) is 4. The highest BCUT2D eigenvalue weighted by molar-refractivity contribution is 5.94. The van der Waals surface area contributed by atoms with Crippen LogP contribution in [0.3, 0.4) is 0 Å². The Morgan fingerprint density at radius 3 is 2.76 bits per heavy atom. The quantitative estimate of drug-likeness (QED) is 0.774. The van der Waals surface area contributed by atoms with E-state index in [4.69, 9.17) is 10.5 Å². The van der Waals surface area contributed by atoms with Gasteiger partial charge in [-0.25, -0.2) is 4.98 Å². The molecule has 5 heteroatoms. The lowest BCUT2D eigenvalue weighted by atomic mass is 10.2. The topological polar surface area (TPSA) is 68.5 Å². The number of nitrogens with zero attached hydrogens (tertiary/aromatic N) is 2. The maximum Gasteiger partial charge on any atom is 0.254 e. The number of morpholine rings is 1. The fraction of sp³-hybridized carbons (Fsp3) is 0.500. The number of ether oxygens (including phenoxy) is 1. The molecule has 2 aliphatic rings. The molecule has 1 aromatic rings. The van der Waals surface area contributed by atoms with Crippen LogP contribution < -0.4 is 5.73 Å². The Balaban J connectivity index is 1.78. The average Bonchev–Trinajstić information content (AvgIpc) is 2.67. The van der Waals surface area contributed by atoms with Crippen LogP contribution in [0.2, 0.25) is 0 Å². The first-order valence-electron chi connectivity index (χ1n) is 5.88. The van der Waals surface area contributed by atoms with Crippen molar-refractivity contribution in [3.05, 3.63) is 23.9 Å². The molecule has 2 bridgehead atoms. The number of rotatable bonds is 1. The van der Waals surface area contributed by atoms with E-state index in [0.717, 1.165) is 12.8 Å². The highest BCUT2D eigenvalue weighted by Gasteiger charge is 2.35. The Morgan fingerprint density at radius 2 is 2.12 bits per heavy atom. The van der Waals surface area contributed by atoms with Crippen LogP contribution in [0.5, 0.6) is 0 Å². The van der Waals surface area contributed by atoms with Crippen molar-refractivity contribution < 1.29 is 9.53 Å². The van der Waals surface area contributed by atoms with Gasteiger partial charge >= 0.3 is 0 Å². The van der Waals surface area contributed by atoms with Crippen LogP contribution in [0.15, 0.2) is 18.3 Å². The third-order valence-electron chi connectivity index (χ3n) is 3.36. The van der Waals surface area contributed by atoms with Crippen molar-refractivity contribution in [2.45, 2.75) is 25.0 Å². The summed E-state index contributed by atoms with van der Waals surface area (Å²) in [5.41, 5.74) is 6.20. The summed E-state index contributed by atoms with van der Waals surface area (Å²) in [7, 11) is 0. The first-order valence-corrected chi connectivity index (χ1v) is 5.88. The Hall–Kier alpha value is -1.62. The van der Waals surface area contributed by atoms with E-state index in [0.29, 0.717) is 24.5 Å². The molecule has 2 aliphatic heterocycles. The van der Waals surface area contributed by atoms with Crippen molar-refractivity contribution in [2.24, 2.45) is 0 Å². The van der Waals surface area contributed by atoms with Gasteiger partial charge in [-0.3, -0.25) is 4.79 Å². The molecule has 0 spiro atoms. The van der Waals surface area contributed by atoms with Crippen LogP contribution in [0.25, 0.3) is 0 Å².